The largest absolute Gasteiger partial charge is 0.297 e. The van der Waals surface area contributed by atoms with Crippen LogP contribution in [0.15, 0.2) is 0 Å². The van der Waals surface area contributed by atoms with Gasteiger partial charge in [-0.15, -0.1) is 5.10 Å². The smallest absolute Gasteiger partial charge is 0.252 e. The average molecular weight is 208 g/mol. The molecule has 15 heavy (non-hydrogen) atoms. The van der Waals surface area contributed by atoms with Gasteiger partial charge in [0.25, 0.3) is 5.95 Å². The molecule has 0 unspecified atom stereocenters. The quantitative estimate of drug-likeness (QED) is 0.625. The van der Waals surface area contributed by atoms with E-state index in [-0.39, 0.29) is 24.7 Å². The summed E-state index contributed by atoms with van der Waals surface area (Å²) >= 11 is 0. The van der Waals surface area contributed by atoms with Crippen LogP contribution in [0.4, 0.5) is 5.95 Å². The molecule has 0 saturated carbocycles. The van der Waals surface area contributed by atoms with Crippen molar-refractivity contribution in [2.75, 3.05) is 11.4 Å². The average Bonchev–Trinajstić information content (AvgIpc) is 2.69. The Hall–Kier alpha value is -1.72. The van der Waals surface area contributed by atoms with Crippen molar-refractivity contribution >= 4 is 17.6 Å². The van der Waals surface area contributed by atoms with Crippen LogP contribution in [0.3, 0.4) is 0 Å². The minimum Gasteiger partial charge on any atom is -0.297 e. The fourth-order valence-electron chi connectivity index (χ4n) is 1.59. The van der Waals surface area contributed by atoms with Crippen LogP contribution in [0.5, 0.6) is 0 Å². The first-order valence-electron chi connectivity index (χ1n) is 4.83. The molecule has 1 fully saturated rings. The lowest BCUT2D eigenvalue weighted by atomic mass is 10.3. The molecule has 1 aromatic rings. The summed E-state index contributed by atoms with van der Waals surface area (Å²) in [5.74, 6) is 0.848. The minimum absolute atomic E-state index is 0.0281. The summed E-state index contributed by atoms with van der Waals surface area (Å²) in [5.41, 5.74) is 0. The van der Waals surface area contributed by atoms with E-state index in [1.807, 2.05) is 6.92 Å². The topological polar surface area (TPSA) is 68.1 Å². The molecule has 0 bridgehead atoms. The summed E-state index contributed by atoms with van der Waals surface area (Å²) in [4.78, 5) is 28.0. The van der Waals surface area contributed by atoms with Gasteiger partial charge in [0.1, 0.15) is 5.82 Å². The van der Waals surface area contributed by atoms with E-state index < -0.39 is 0 Å². The minimum atomic E-state index is -0.215. The molecule has 2 rings (SSSR count). The van der Waals surface area contributed by atoms with E-state index in [0.717, 1.165) is 12.2 Å². The van der Waals surface area contributed by atoms with Crippen LogP contribution in [0, 0.1) is 0 Å². The molecule has 6 heteroatoms. The molecule has 80 valence electrons. The van der Waals surface area contributed by atoms with Crippen LogP contribution >= 0.6 is 0 Å². The highest BCUT2D eigenvalue weighted by atomic mass is 16.2. The van der Waals surface area contributed by atoms with Gasteiger partial charge in [0.2, 0.25) is 5.91 Å². The van der Waals surface area contributed by atoms with Crippen molar-refractivity contribution in [1.29, 1.82) is 0 Å². The monoisotopic (exact) mass is 208 g/mol. The highest BCUT2D eigenvalue weighted by molar-refractivity contribution is 6.14. The lowest BCUT2D eigenvalue weighted by molar-refractivity contribution is -0.121. The van der Waals surface area contributed by atoms with Crippen molar-refractivity contribution in [3.8, 4) is 0 Å². The Labute approximate surface area is 86.9 Å². The van der Waals surface area contributed by atoms with E-state index in [2.05, 4.69) is 10.1 Å². The number of aryl methyl sites for hydroxylation is 2. The highest BCUT2D eigenvalue weighted by Gasteiger charge is 2.31. The molecule has 1 aromatic heterocycles. The number of carbonyl (C=O) groups is 2. The van der Waals surface area contributed by atoms with Gasteiger partial charge in [0, 0.05) is 13.5 Å². The fraction of sp³-hybridized carbons (Fsp3) is 0.556. The van der Waals surface area contributed by atoms with Crippen molar-refractivity contribution in [2.24, 2.45) is 7.05 Å². The molecule has 0 spiro atoms. The van der Waals surface area contributed by atoms with Gasteiger partial charge < -0.3 is 0 Å². The first-order chi connectivity index (χ1) is 7.11. The van der Waals surface area contributed by atoms with E-state index in [9.17, 15) is 9.59 Å². The molecule has 0 aliphatic carbocycles. The highest BCUT2D eigenvalue weighted by Crippen LogP contribution is 2.15. The molecular weight excluding hydrogens is 196 g/mol. The maximum Gasteiger partial charge on any atom is 0.252 e. The summed E-state index contributed by atoms with van der Waals surface area (Å²) in [6.07, 6.45) is 0.721. The van der Waals surface area contributed by atoms with Gasteiger partial charge in [-0.05, 0) is 0 Å². The van der Waals surface area contributed by atoms with Gasteiger partial charge in [-0.2, -0.15) is 4.98 Å². The van der Waals surface area contributed by atoms with Crippen LogP contribution in [0.1, 0.15) is 19.2 Å². The van der Waals surface area contributed by atoms with Gasteiger partial charge in [0.05, 0.1) is 13.0 Å². The molecule has 6 nitrogen and oxygen atoms in total. The summed E-state index contributed by atoms with van der Waals surface area (Å²) < 4.78 is 1.63. The van der Waals surface area contributed by atoms with Crippen molar-refractivity contribution in [3.63, 3.8) is 0 Å². The molecule has 0 radical (unpaired) electrons. The molecule has 1 saturated heterocycles. The number of aromatic nitrogens is 3. The zero-order valence-electron chi connectivity index (χ0n) is 8.73. The van der Waals surface area contributed by atoms with Crippen molar-refractivity contribution in [2.45, 2.75) is 19.8 Å². The standard InChI is InChI=1S/C9H12N4O2/c1-3-7-10-9(11-12(7)2)13-5-6(14)4-8(13)15/h3-5H2,1-2H3. The van der Waals surface area contributed by atoms with Crippen molar-refractivity contribution in [1.82, 2.24) is 14.8 Å². The molecule has 2 heterocycles. The number of amides is 1. The maximum atomic E-state index is 11.4. The molecule has 1 aliphatic rings. The van der Waals surface area contributed by atoms with Crippen molar-refractivity contribution in [3.05, 3.63) is 5.82 Å². The Bertz CT molecular complexity index is 424. The zero-order chi connectivity index (χ0) is 11.0. The zero-order valence-corrected chi connectivity index (χ0v) is 8.73. The molecule has 0 aromatic carbocycles. The second-order valence-electron chi connectivity index (χ2n) is 3.50. The third kappa shape index (κ3) is 1.62. The predicted molar refractivity (Wildman–Crippen MR) is 52.4 cm³/mol. The molecule has 1 aliphatic heterocycles. The van der Waals surface area contributed by atoms with Gasteiger partial charge in [-0.1, -0.05) is 6.92 Å². The molecule has 0 N–H and O–H groups in total. The Morgan fingerprint density at radius 2 is 2.13 bits per heavy atom. The van der Waals surface area contributed by atoms with Crippen LogP contribution in [-0.2, 0) is 23.1 Å². The van der Waals surface area contributed by atoms with Gasteiger partial charge in [-0.3, -0.25) is 19.2 Å². The van der Waals surface area contributed by atoms with Gasteiger partial charge >= 0.3 is 0 Å². The van der Waals surface area contributed by atoms with Gasteiger partial charge in [-0.25, -0.2) is 0 Å². The summed E-state index contributed by atoms with van der Waals surface area (Å²) in [6, 6.07) is 0. The number of Topliss-reactive ketones (excluding diaryl/α,β-unsaturated/α-hetero) is 1. The third-order valence-corrected chi connectivity index (χ3v) is 2.38. The summed E-state index contributed by atoms with van der Waals surface area (Å²) in [5, 5.41) is 4.11. The normalized spacial score (nSPS) is 16.5. The van der Waals surface area contributed by atoms with E-state index in [4.69, 9.17) is 0 Å². The third-order valence-electron chi connectivity index (χ3n) is 2.38. The van der Waals surface area contributed by atoms with E-state index in [1.165, 1.54) is 4.90 Å². The van der Waals surface area contributed by atoms with Gasteiger partial charge in [0.15, 0.2) is 5.78 Å². The summed E-state index contributed by atoms with van der Waals surface area (Å²) in [6.45, 7) is 2.07. The fourth-order valence-corrected chi connectivity index (χ4v) is 1.59. The van der Waals surface area contributed by atoms with Crippen LogP contribution in [0.25, 0.3) is 0 Å². The number of nitrogens with zero attached hydrogens (tertiary/aromatic N) is 4. The Balaban J connectivity index is 2.30. The first kappa shape index (κ1) is 9.82. The lowest BCUT2D eigenvalue weighted by Crippen LogP contribution is -2.25. The number of ketones is 1. The Morgan fingerprint density at radius 3 is 2.60 bits per heavy atom. The van der Waals surface area contributed by atoms with Crippen LogP contribution in [0.2, 0.25) is 0 Å². The second-order valence-corrected chi connectivity index (χ2v) is 3.50. The summed E-state index contributed by atoms with van der Waals surface area (Å²) in [7, 11) is 1.78. The Kier molecular flexibility index (Phi) is 2.26. The maximum absolute atomic E-state index is 11.4. The van der Waals surface area contributed by atoms with E-state index in [1.54, 1.807) is 11.7 Å². The van der Waals surface area contributed by atoms with Crippen LogP contribution in [-0.4, -0.2) is 33.0 Å². The predicted octanol–water partition coefficient (Wildman–Crippen LogP) is -0.317. The first-order valence-corrected chi connectivity index (χ1v) is 4.83. The Morgan fingerprint density at radius 1 is 1.40 bits per heavy atom. The van der Waals surface area contributed by atoms with E-state index in [0.29, 0.717) is 5.95 Å². The molecule has 0 atom stereocenters. The lowest BCUT2D eigenvalue weighted by Gasteiger charge is -2.07. The number of carbonyl (C=O) groups excluding carboxylic acids is 2. The van der Waals surface area contributed by atoms with Crippen LogP contribution < -0.4 is 4.90 Å². The number of rotatable bonds is 2. The number of anilines is 1. The SMILES string of the molecule is CCc1nc(N2CC(=O)CC2=O)nn1C. The molecule has 1 amide bonds. The van der Waals surface area contributed by atoms with Crippen molar-refractivity contribution < 1.29 is 9.59 Å². The number of hydrogen-bond acceptors (Lipinski definition) is 4. The number of hydrogen-bond donors (Lipinski definition) is 0. The second kappa shape index (κ2) is 3.45. The van der Waals surface area contributed by atoms with E-state index >= 15 is 0 Å². The molecular formula is C9H12N4O2.